The van der Waals surface area contributed by atoms with Crippen LogP contribution in [0.3, 0.4) is 0 Å². The zero-order valence-corrected chi connectivity index (χ0v) is 12.4. The van der Waals surface area contributed by atoms with Gasteiger partial charge < -0.3 is 10.2 Å². The Labute approximate surface area is 122 Å². The highest BCUT2D eigenvalue weighted by Crippen LogP contribution is 2.48. The Balaban J connectivity index is 1.25. The highest BCUT2D eigenvalue weighted by atomic mass is 15.2. The van der Waals surface area contributed by atoms with Crippen LogP contribution in [0.2, 0.25) is 0 Å². The van der Waals surface area contributed by atoms with Gasteiger partial charge in [0.05, 0.1) is 0 Å². The lowest BCUT2D eigenvalue weighted by Gasteiger charge is -2.23. The van der Waals surface area contributed by atoms with Gasteiger partial charge in [-0.3, -0.25) is 0 Å². The summed E-state index contributed by atoms with van der Waals surface area (Å²) >= 11 is 0. The van der Waals surface area contributed by atoms with E-state index < -0.39 is 0 Å². The number of likely N-dealkylation sites (tertiary alicyclic amines) is 1. The second-order valence-electron chi connectivity index (χ2n) is 7.22. The maximum Gasteiger partial charge on any atom is 0.0143 e. The van der Waals surface area contributed by atoms with Gasteiger partial charge in [-0.25, -0.2) is 0 Å². The molecule has 1 aromatic carbocycles. The van der Waals surface area contributed by atoms with Crippen LogP contribution in [-0.4, -0.2) is 37.1 Å². The highest BCUT2D eigenvalue weighted by Gasteiger charge is 2.46. The van der Waals surface area contributed by atoms with Crippen LogP contribution in [0.1, 0.15) is 43.6 Å². The van der Waals surface area contributed by atoms with Gasteiger partial charge in [-0.05, 0) is 56.2 Å². The molecule has 0 radical (unpaired) electrons. The maximum absolute atomic E-state index is 3.86. The molecule has 2 atom stereocenters. The molecular weight excluding hydrogens is 244 g/mol. The predicted octanol–water partition coefficient (Wildman–Crippen LogP) is 3.01. The average molecular weight is 270 g/mol. The molecule has 108 valence electrons. The summed E-state index contributed by atoms with van der Waals surface area (Å²) in [6, 6.07) is 11.8. The summed E-state index contributed by atoms with van der Waals surface area (Å²) in [7, 11) is 0. The van der Waals surface area contributed by atoms with Crippen molar-refractivity contribution in [3.63, 3.8) is 0 Å². The quantitative estimate of drug-likeness (QED) is 0.855. The Kier molecular flexibility index (Phi) is 3.31. The van der Waals surface area contributed by atoms with Crippen molar-refractivity contribution in [3.05, 3.63) is 35.9 Å². The summed E-state index contributed by atoms with van der Waals surface area (Å²) < 4.78 is 0. The Hall–Kier alpha value is -0.860. The van der Waals surface area contributed by atoms with Gasteiger partial charge in [0, 0.05) is 25.0 Å². The summed E-state index contributed by atoms with van der Waals surface area (Å²) in [5, 5.41) is 3.86. The second-order valence-corrected chi connectivity index (χ2v) is 7.22. The van der Waals surface area contributed by atoms with Crippen LogP contribution in [0.25, 0.3) is 0 Å². The van der Waals surface area contributed by atoms with Crippen LogP contribution in [0.5, 0.6) is 0 Å². The average Bonchev–Trinajstić information content (AvgIpc) is 3.37. The number of nitrogens with one attached hydrogen (secondary N) is 1. The van der Waals surface area contributed by atoms with Crippen molar-refractivity contribution in [2.24, 2.45) is 5.41 Å². The van der Waals surface area contributed by atoms with Crippen LogP contribution < -0.4 is 5.32 Å². The molecule has 0 aromatic heterocycles. The number of rotatable bonds is 6. The minimum atomic E-state index is 0.633. The van der Waals surface area contributed by atoms with E-state index in [0.717, 1.165) is 12.0 Å². The lowest BCUT2D eigenvalue weighted by Crippen LogP contribution is -2.35. The molecule has 0 amide bonds. The topological polar surface area (TPSA) is 15.3 Å². The van der Waals surface area contributed by atoms with E-state index in [9.17, 15) is 0 Å². The van der Waals surface area contributed by atoms with Gasteiger partial charge in [0.25, 0.3) is 0 Å². The summed E-state index contributed by atoms with van der Waals surface area (Å²) in [6.07, 6.45) is 7.06. The Morgan fingerprint density at radius 1 is 1.10 bits per heavy atom. The van der Waals surface area contributed by atoms with Gasteiger partial charge in [-0.15, -0.1) is 0 Å². The maximum atomic E-state index is 3.86. The lowest BCUT2D eigenvalue weighted by atomic mass is 10.1. The predicted molar refractivity (Wildman–Crippen MR) is 82.9 cm³/mol. The molecule has 3 fully saturated rings. The molecule has 0 bridgehead atoms. The molecule has 3 aliphatic rings. The molecule has 1 aromatic rings. The van der Waals surface area contributed by atoms with Gasteiger partial charge in [0.15, 0.2) is 0 Å². The molecule has 4 rings (SSSR count). The Bertz CT molecular complexity index is 446. The number of nitrogens with zero attached hydrogens (tertiary/aromatic N) is 1. The van der Waals surface area contributed by atoms with Crippen LogP contribution in [0.4, 0.5) is 0 Å². The van der Waals surface area contributed by atoms with Crippen LogP contribution >= 0.6 is 0 Å². The number of hydrogen-bond acceptors (Lipinski definition) is 2. The molecule has 2 aliphatic carbocycles. The van der Waals surface area contributed by atoms with Gasteiger partial charge in [-0.1, -0.05) is 30.3 Å². The Morgan fingerprint density at radius 2 is 1.85 bits per heavy atom. The molecule has 1 aliphatic heterocycles. The van der Waals surface area contributed by atoms with Crippen molar-refractivity contribution in [3.8, 4) is 0 Å². The van der Waals surface area contributed by atoms with Crippen LogP contribution in [-0.2, 0) is 0 Å². The molecule has 20 heavy (non-hydrogen) atoms. The first-order chi connectivity index (χ1) is 9.85. The van der Waals surface area contributed by atoms with E-state index in [0.29, 0.717) is 5.41 Å². The summed E-state index contributed by atoms with van der Waals surface area (Å²) in [4.78, 5) is 2.69. The van der Waals surface area contributed by atoms with Crippen molar-refractivity contribution in [2.75, 3.05) is 26.2 Å². The molecule has 2 unspecified atom stereocenters. The van der Waals surface area contributed by atoms with E-state index >= 15 is 0 Å². The third kappa shape index (κ3) is 2.77. The van der Waals surface area contributed by atoms with Crippen molar-refractivity contribution >= 4 is 0 Å². The Morgan fingerprint density at radius 3 is 2.55 bits per heavy atom. The molecule has 1 saturated heterocycles. The molecule has 2 nitrogen and oxygen atoms in total. The SMILES string of the molecule is c1ccc(C2CC2NCC2(CN3CCCC3)CC2)cc1. The van der Waals surface area contributed by atoms with Gasteiger partial charge in [-0.2, -0.15) is 0 Å². The van der Waals surface area contributed by atoms with E-state index in [1.165, 1.54) is 63.8 Å². The summed E-state index contributed by atoms with van der Waals surface area (Å²) in [6.45, 7) is 5.29. The molecule has 2 saturated carbocycles. The molecular formula is C18H26N2. The van der Waals surface area contributed by atoms with Crippen molar-refractivity contribution < 1.29 is 0 Å². The number of hydrogen-bond donors (Lipinski definition) is 1. The van der Waals surface area contributed by atoms with Gasteiger partial charge in [0.1, 0.15) is 0 Å². The fourth-order valence-corrected chi connectivity index (χ4v) is 3.82. The van der Waals surface area contributed by atoms with Gasteiger partial charge in [0.2, 0.25) is 0 Å². The van der Waals surface area contributed by atoms with Crippen molar-refractivity contribution in [1.82, 2.24) is 10.2 Å². The summed E-state index contributed by atoms with van der Waals surface area (Å²) in [5.74, 6) is 0.777. The smallest absolute Gasteiger partial charge is 0.0143 e. The van der Waals surface area contributed by atoms with Crippen LogP contribution in [0.15, 0.2) is 30.3 Å². The third-order valence-corrected chi connectivity index (χ3v) is 5.47. The largest absolute Gasteiger partial charge is 0.313 e. The van der Waals surface area contributed by atoms with Crippen LogP contribution in [0, 0.1) is 5.41 Å². The first kappa shape index (κ1) is 12.8. The zero-order valence-electron chi connectivity index (χ0n) is 12.4. The highest BCUT2D eigenvalue weighted by molar-refractivity contribution is 5.27. The molecule has 0 spiro atoms. The third-order valence-electron chi connectivity index (χ3n) is 5.47. The van der Waals surface area contributed by atoms with E-state index in [1.807, 2.05) is 0 Å². The van der Waals surface area contributed by atoms with Gasteiger partial charge >= 0.3 is 0 Å². The first-order valence-corrected chi connectivity index (χ1v) is 8.35. The van der Waals surface area contributed by atoms with Crippen molar-refractivity contribution in [2.45, 2.75) is 44.1 Å². The lowest BCUT2D eigenvalue weighted by molar-refractivity contribution is 0.257. The second kappa shape index (κ2) is 5.16. The first-order valence-electron chi connectivity index (χ1n) is 8.35. The molecule has 1 heterocycles. The molecule has 1 N–H and O–H groups in total. The minimum absolute atomic E-state index is 0.633. The van der Waals surface area contributed by atoms with E-state index in [2.05, 4.69) is 40.5 Å². The van der Waals surface area contributed by atoms with E-state index in [4.69, 9.17) is 0 Å². The number of benzene rings is 1. The fraction of sp³-hybridized carbons (Fsp3) is 0.667. The van der Waals surface area contributed by atoms with Crippen molar-refractivity contribution in [1.29, 1.82) is 0 Å². The standard InChI is InChI=1S/C18H26N2/c1-2-6-15(7-3-1)16-12-17(16)19-13-18(8-9-18)14-20-10-4-5-11-20/h1-3,6-7,16-17,19H,4-5,8-14H2. The minimum Gasteiger partial charge on any atom is -0.313 e. The zero-order chi connectivity index (χ0) is 13.4. The van der Waals surface area contributed by atoms with E-state index in [-0.39, 0.29) is 0 Å². The summed E-state index contributed by atoms with van der Waals surface area (Å²) in [5.41, 5.74) is 2.16. The monoisotopic (exact) mass is 270 g/mol. The molecule has 2 heteroatoms. The fourth-order valence-electron chi connectivity index (χ4n) is 3.82. The van der Waals surface area contributed by atoms with E-state index in [1.54, 1.807) is 0 Å². The normalized spacial score (nSPS) is 31.4.